The summed E-state index contributed by atoms with van der Waals surface area (Å²) in [5, 5.41) is 9.27. The van der Waals surface area contributed by atoms with Crippen LogP contribution in [0.3, 0.4) is 0 Å². The molecule has 0 aliphatic heterocycles. The van der Waals surface area contributed by atoms with Crippen LogP contribution in [0, 0.1) is 5.92 Å². The maximum Gasteiger partial charge on any atom is 0.314 e. The number of benzene rings is 1. The van der Waals surface area contributed by atoms with Crippen LogP contribution >= 0.6 is 0 Å². The van der Waals surface area contributed by atoms with E-state index in [0.29, 0.717) is 17.1 Å². The molecule has 0 amide bonds. The van der Waals surface area contributed by atoms with Gasteiger partial charge in [-0.15, -0.1) is 0 Å². The molecule has 0 heterocycles. The monoisotopic (exact) mass is 292 g/mol. The van der Waals surface area contributed by atoms with Gasteiger partial charge in [-0.3, -0.25) is 14.4 Å². The summed E-state index contributed by atoms with van der Waals surface area (Å²) >= 11 is 0. The molecule has 1 fully saturated rings. The SMILES string of the molecule is COc1ccc(C2CC(=O)CC(=O)C2C(=O)O)cc1OC. The van der Waals surface area contributed by atoms with Crippen LogP contribution < -0.4 is 9.47 Å². The Morgan fingerprint density at radius 2 is 1.86 bits per heavy atom. The van der Waals surface area contributed by atoms with Crippen LogP contribution in [0.25, 0.3) is 0 Å². The number of methoxy groups -OCH3 is 2. The van der Waals surface area contributed by atoms with E-state index in [0.717, 1.165) is 0 Å². The third-order valence-corrected chi connectivity index (χ3v) is 3.67. The number of Topliss-reactive ketones (excluding diaryl/α,β-unsaturated/α-hetero) is 2. The summed E-state index contributed by atoms with van der Waals surface area (Å²) in [4.78, 5) is 34.8. The number of ether oxygens (including phenoxy) is 2. The van der Waals surface area contributed by atoms with Gasteiger partial charge in [-0.25, -0.2) is 0 Å². The van der Waals surface area contributed by atoms with Crippen LogP contribution in [0.4, 0.5) is 0 Å². The van der Waals surface area contributed by atoms with Crippen molar-refractivity contribution in [2.75, 3.05) is 14.2 Å². The Balaban J connectivity index is 2.43. The first-order valence-electron chi connectivity index (χ1n) is 6.47. The number of carboxylic acid groups (broad SMARTS) is 1. The van der Waals surface area contributed by atoms with Gasteiger partial charge in [0.1, 0.15) is 11.7 Å². The van der Waals surface area contributed by atoms with Crippen molar-refractivity contribution in [1.82, 2.24) is 0 Å². The number of carbonyl (C=O) groups excluding carboxylic acids is 2. The number of aliphatic carboxylic acids is 1. The average molecular weight is 292 g/mol. The first kappa shape index (κ1) is 15.0. The molecule has 2 atom stereocenters. The molecule has 1 aromatic carbocycles. The Bertz CT molecular complexity index is 592. The largest absolute Gasteiger partial charge is 0.493 e. The zero-order valence-corrected chi connectivity index (χ0v) is 11.8. The lowest BCUT2D eigenvalue weighted by atomic mass is 9.74. The molecule has 0 radical (unpaired) electrons. The van der Waals surface area contributed by atoms with E-state index in [1.807, 2.05) is 0 Å². The predicted octanol–water partition coefficient (Wildman–Crippen LogP) is 1.42. The van der Waals surface area contributed by atoms with Gasteiger partial charge in [-0.2, -0.15) is 0 Å². The van der Waals surface area contributed by atoms with Crippen molar-refractivity contribution in [1.29, 1.82) is 0 Å². The molecule has 6 nitrogen and oxygen atoms in total. The second kappa shape index (κ2) is 5.95. The van der Waals surface area contributed by atoms with Crippen LogP contribution in [0.2, 0.25) is 0 Å². The molecular formula is C15H16O6. The van der Waals surface area contributed by atoms with Gasteiger partial charge in [0.2, 0.25) is 0 Å². The van der Waals surface area contributed by atoms with Crippen molar-refractivity contribution in [3.05, 3.63) is 23.8 Å². The van der Waals surface area contributed by atoms with E-state index >= 15 is 0 Å². The summed E-state index contributed by atoms with van der Waals surface area (Å²) < 4.78 is 10.3. The highest BCUT2D eigenvalue weighted by molar-refractivity contribution is 6.10. The van der Waals surface area contributed by atoms with E-state index in [-0.39, 0.29) is 18.6 Å². The van der Waals surface area contributed by atoms with Gasteiger partial charge in [-0.05, 0) is 17.7 Å². The highest BCUT2D eigenvalue weighted by atomic mass is 16.5. The summed E-state index contributed by atoms with van der Waals surface area (Å²) in [7, 11) is 2.96. The summed E-state index contributed by atoms with van der Waals surface area (Å²) in [6.07, 6.45) is -0.265. The molecule has 1 aliphatic carbocycles. The fourth-order valence-corrected chi connectivity index (χ4v) is 2.67. The van der Waals surface area contributed by atoms with Gasteiger partial charge in [0.15, 0.2) is 17.3 Å². The molecular weight excluding hydrogens is 276 g/mol. The van der Waals surface area contributed by atoms with Gasteiger partial charge >= 0.3 is 5.97 Å². The first-order chi connectivity index (χ1) is 9.97. The van der Waals surface area contributed by atoms with E-state index < -0.39 is 23.6 Å². The summed E-state index contributed by atoms with van der Waals surface area (Å²) in [6.45, 7) is 0. The topological polar surface area (TPSA) is 89.9 Å². The van der Waals surface area contributed by atoms with Gasteiger partial charge in [0, 0.05) is 12.3 Å². The second-order valence-electron chi connectivity index (χ2n) is 4.92. The van der Waals surface area contributed by atoms with E-state index in [1.165, 1.54) is 14.2 Å². The quantitative estimate of drug-likeness (QED) is 0.844. The van der Waals surface area contributed by atoms with Crippen LogP contribution in [-0.4, -0.2) is 36.9 Å². The number of carboxylic acids is 1. The van der Waals surface area contributed by atoms with Crippen LogP contribution in [-0.2, 0) is 14.4 Å². The van der Waals surface area contributed by atoms with Crippen molar-refractivity contribution in [2.45, 2.75) is 18.8 Å². The lowest BCUT2D eigenvalue weighted by Gasteiger charge is -2.27. The Morgan fingerprint density at radius 1 is 1.19 bits per heavy atom. The minimum Gasteiger partial charge on any atom is -0.493 e. The number of rotatable bonds is 4. The molecule has 1 N–H and O–H groups in total. The van der Waals surface area contributed by atoms with Crippen LogP contribution in [0.5, 0.6) is 11.5 Å². The van der Waals surface area contributed by atoms with Crippen LogP contribution in [0.1, 0.15) is 24.3 Å². The standard InChI is InChI=1S/C15H16O6/c1-20-12-4-3-8(5-13(12)21-2)10-6-9(16)7-11(17)14(10)15(18)19/h3-5,10,14H,6-7H2,1-2H3,(H,18,19). The van der Waals surface area contributed by atoms with Crippen molar-refractivity contribution < 1.29 is 29.0 Å². The zero-order chi connectivity index (χ0) is 15.6. The highest BCUT2D eigenvalue weighted by Gasteiger charge is 2.41. The Morgan fingerprint density at radius 3 is 2.43 bits per heavy atom. The predicted molar refractivity (Wildman–Crippen MR) is 72.7 cm³/mol. The lowest BCUT2D eigenvalue weighted by Crippen LogP contribution is -2.37. The number of ketones is 2. The van der Waals surface area contributed by atoms with Crippen molar-refractivity contribution >= 4 is 17.5 Å². The molecule has 112 valence electrons. The lowest BCUT2D eigenvalue weighted by molar-refractivity contribution is -0.149. The van der Waals surface area contributed by atoms with Gasteiger partial charge in [0.25, 0.3) is 0 Å². The highest BCUT2D eigenvalue weighted by Crippen LogP contribution is 2.38. The summed E-state index contributed by atoms with van der Waals surface area (Å²) in [5.74, 6) is -2.91. The molecule has 21 heavy (non-hydrogen) atoms. The molecule has 0 saturated heterocycles. The molecule has 0 aromatic heterocycles. The third kappa shape index (κ3) is 2.89. The summed E-state index contributed by atoms with van der Waals surface area (Å²) in [5.41, 5.74) is 0.585. The fraction of sp³-hybridized carbons (Fsp3) is 0.400. The van der Waals surface area contributed by atoms with Gasteiger partial charge in [-0.1, -0.05) is 6.07 Å². The minimum absolute atomic E-state index is 0.0399. The van der Waals surface area contributed by atoms with E-state index in [9.17, 15) is 19.5 Å². The molecule has 1 aliphatic rings. The van der Waals surface area contributed by atoms with E-state index in [1.54, 1.807) is 18.2 Å². The molecule has 2 rings (SSSR count). The molecule has 1 saturated carbocycles. The molecule has 1 aromatic rings. The average Bonchev–Trinajstić information content (AvgIpc) is 2.45. The number of carbonyl (C=O) groups is 3. The van der Waals surface area contributed by atoms with E-state index in [2.05, 4.69) is 0 Å². The Kier molecular flexibility index (Phi) is 4.26. The molecule has 2 unspecified atom stereocenters. The zero-order valence-electron chi connectivity index (χ0n) is 11.8. The van der Waals surface area contributed by atoms with Crippen LogP contribution in [0.15, 0.2) is 18.2 Å². The van der Waals surface area contributed by atoms with E-state index in [4.69, 9.17) is 9.47 Å². The maximum atomic E-state index is 11.8. The third-order valence-electron chi connectivity index (χ3n) is 3.67. The van der Waals surface area contributed by atoms with Crippen molar-refractivity contribution in [2.24, 2.45) is 5.92 Å². The molecule has 6 heteroatoms. The second-order valence-corrected chi connectivity index (χ2v) is 4.92. The van der Waals surface area contributed by atoms with Gasteiger partial charge in [0.05, 0.1) is 20.6 Å². The van der Waals surface area contributed by atoms with Crippen molar-refractivity contribution in [3.63, 3.8) is 0 Å². The smallest absolute Gasteiger partial charge is 0.314 e. The van der Waals surface area contributed by atoms with Gasteiger partial charge < -0.3 is 14.6 Å². The fourth-order valence-electron chi connectivity index (χ4n) is 2.67. The maximum absolute atomic E-state index is 11.8. The Hall–Kier alpha value is -2.37. The first-order valence-corrected chi connectivity index (χ1v) is 6.47. The number of hydrogen-bond acceptors (Lipinski definition) is 5. The Labute approximate surface area is 121 Å². The normalized spacial score (nSPS) is 22.0. The molecule has 0 spiro atoms. The number of hydrogen-bond donors (Lipinski definition) is 1. The minimum atomic E-state index is -1.20. The summed E-state index contributed by atoms with van der Waals surface area (Å²) in [6, 6.07) is 4.91. The van der Waals surface area contributed by atoms with Crippen molar-refractivity contribution in [3.8, 4) is 11.5 Å². The molecule has 0 bridgehead atoms.